The van der Waals surface area contributed by atoms with Crippen LogP contribution >= 0.6 is 0 Å². The van der Waals surface area contributed by atoms with Crippen LogP contribution in [0, 0.1) is 17.5 Å². The van der Waals surface area contributed by atoms with E-state index in [4.69, 9.17) is 0 Å². The molecular formula is C15H19F3N2O2. The Morgan fingerprint density at radius 3 is 2.41 bits per heavy atom. The van der Waals surface area contributed by atoms with E-state index in [0.29, 0.717) is 0 Å². The second kappa shape index (κ2) is 7.82. The molecule has 4 nitrogen and oxygen atoms in total. The van der Waals surface area contributed by atoms with Gasteiger partial charge in [0.05, 0.1) is 5.69 Å². The standard InChI is InChI=1S/C15H19F3N2O2/c1-4-9(2)19-13(22)7-8-20(10(3)21)12-6-5-11(16)14(17)15(12)18/h5-6,9H,4,7-8H2,1-3H3,(H,19,22). The second-order valence-electron chi connectivity index (χ2n) is 4.99. The molecule has 1 aromatic rings. The molecule has 0 radical (unpaired) electrons. The fourth-order valence-corrected chi connectivity index (χ4v) is 1.83. The van der Waals surface area contributed by atoms with Gasteiger partial charge in [0.2, 0.25) is 11.8 Å². The van der Waals surface area contributed by atoms with Gasteiger partial charge in [0.15, 0.2) is 17.5 Å². The van der Waals surface area contributed by atoms with Gasteiger partial charge in [0.25, 0.3) is 0 Å². The van der Waals surface area contributed by atoms with Crippen molar-refractivity contribution in [2.75, 3.05) is 11.4 Å². The summed E-state index contributed by atoms with van der Waals surface area (Å²) in [6.07, 6.45) is 0.683. The van der Waals surface area contributed by atoms with E-state index >= 15 is 0 Å². The number of hydrogen-bond acceptors (Lipinski definition) is 2. The van der Waals surface area contributed by atoms with Crippen molar-refractivity contribution in [2.24, 2.45) is 0 Å². The predicted molar refractivity (Wildman–Crippen MR) is 76.9 cm³/mol. The summed E-state index contributed by atoms with van der Waals surface area (Å²) in [4.78, 5) is 24.2. The number of nitrogens with one attached hydrogen (secondary N) is 1. The largest absolute Gasteiger partial charge is 0.354 e. The predicted octanol–water partition coefficient (Wildman–Crippen LogP) is 2.76. The van der Waals surface area contributed by atoms with Crippen LogP contribution in [-0.4, -0.2) is 24.4 Å². The fraction of sp³-hybridized carbons (Fsp3) is 0.467. The minimum atomic E-state index is -1.65. The summed E-state index contributed by atoms with van der Waals surface area (Å²) < 4.78 is 40.0. The van der Waals surface area contributed by atoms with Crippen molar-refractivity contribution in [2.45, 2.75) is 39.7 Å². The molecule has 0 aliphatic rings. The quantitative estimate of drug-likeness (QED) is 0.821. The van der Waals surface area contributed by atoms with Gasteiger partial charge in [0, 0.05) is 25.9 Å². The van der Waals surface area contributed by atoms with Crippen LogP contribution < -0.4 is 10.2 Å². The van der Waals surface area contributed by atoms with Crippen molar-refractivity contribution in [3.8, 4) is 0 Å². The first-order valence-electron chi connectivity index (χ1n) is 6.98. The maximum Gasteiger partial charge on any atom is 0.223 e. The van der Waals surface area contributed by atoms with Crippen LogP contribution in [0.5, 0.6) is 0 Å². The Hall–Kier alpha value is -2.05. The maximum atomic E-state index is 13.8. The summed E-state index contributed by atoms with van der Waals surface area (Å²) in [5, 5.41) is 2.71. The van der Waals surface area contributed by atoms with Crippen LogP contribution in [-0.2, 0) is 9.59 Å². The molecule has 1 rings (SSSR count). The number of amides is 2. The van der Waals surface area contributed by atoms with Crippen molar-refractivity contribution in [1.29, 1.82) is 0 Å². The van der Waals surface area contributed by atoms with Crippen molar-refractivity contribution >= 4 is 17.5 Å². The topological polar surface area (TPSA) is 49.4 Å². The number of carbonyl (C=O) groups excluding carboxylic acids is 2. The van der Waals surface area contributed by atoms with Crippen LogP contribution in [0.2, 0.25) is 0 Å². The summed E-state index contributed by atoms with van der Waals surface area (Å²) >= 11 is 0. The number of hydrogen-bond donors (Lipinski definition) is 1. The van der Waals surface area contributed by atoms with Crippen molar-refractivity contribution in [3.05, 3.63) is 29.6 Å². The summed E-state index contributed by atoms with van der Waals surface area (Å²) in [6, 6.07) is 1.70. The summed E-state index contributed by atoms with van der Waals surface area (Å²) in [5.41, 5.74) is -0.386. The molecule has 0 saturated heterocycles. The van der Waals surface area contributed by atoms with E-state index in [-0.39, 0.29) is 30.6 Å². The third kappa shape index (κ3) is 4.47. The van der Waals surface area contributed by atoms with Gasteiger partial charge in [-0.3, -0.25) is 9.59 Å². The van der Waals surface area contributed by atoms with Crippen molar-refractivity contribution < 1.29 is 22.8 Å². The van der Waals surface area contributed by atoms with E-state index in [9.17, 15) is 22.8 Å². The highest BCUT2D eigenvalue weighted by Gasteiger charge is 2.21. The number of benzene rings is 1. The van der Waals surface area contributed by atoms with Gasteiger partial charge in [-0.2, -0.15) is 0 Å². The number of carbonyl (C=O) groups is 2. The van der Waals surface area contributed by atoms with Crippen LogP contribution in [0.3, 0.4) is 0 Å². The maximum absolute atomic E-state index is 13.8. The lowest BCUT2D eigenvalue weighted by Crippen LogP contribution is -2.37. The number of nitrogens with zero attached hydrogens (tertiary/aromatic N) is 1. The van der Waals surface area contributed by atoms with Gasteiger partial charge in [-0.05, 0) is 25.5 Å². The van der Waals surface area contributed by atoms with Gasteiger partial charge in [-0.25, -0.2) is 13.2 Å². The fourth-order valence-electron chi connectivity index (χ4n) is 1.83. The van der Waals surface area contributed by atoms with E-state index in [2.05, 4.69) is 5.32 Å². The molecule has 0 aliphatic heterocycles. The minimum Gasteiger partial charge on any atom is -0.354 e. The monoisotopic (exact) mass is 316 g/mol. The molecule has 22 heavy (non-hydrogen) atoms. The van der Waals surface area contributed by atoms with Gasteiger partial charge >= 0.3 is 0 Å². The summed E-state index contributed by atoms with van der Waals surface area (Å²) in [5.74, 6) is -5.30. The summed E-state index contributed by atoms with van der Waals surface area (Å²) in [6.45, 7) is 4.77. The van der Waals surface area contributed by atoms with Crippen molar-refractivity contribution in [1.82, 2.24) is 5.32 Å². The van der Waals surface area contributed by atoms with Gasteiger partial charge in [-0.1, -0.05) is 6.92 Å². The minimum absolute atomic E-state index is 0.0155. The highest BCUT2D eigenvalue weighted by molar-refractivity contribution is 5.92. The molecule has 1 unspecified atom stereocenters. The van der Waals surface area contributed by atoms with Gasteiger partial charge in [0.1, 0.15) is 0 Å². The van der Waals surface area contributed by atoms with Crippen LogP contribution in [0.15, 0.2) is 12.1 Å². The third-order valence-corrected chi connectivity index (χ3v) is 3.27. The lowest BCUT2D eigenvalue weighted by Gasteiger charge is -2.22. The molecule has 122 valence electrons. The zero-order valence-electron chi connectivity index (χ0n) is 12.8. The van der Waals surface area contributed by atoms with Crippen molar-refractivity contribution in [3.63, 3.8) is 0 Å². The Morgan fingerprint density at radius 1 is 1.23 bits per heavy atom. The Labute approximate surface area is 127 Å². The molecule has 0 heterocycles. The molecule has 0 fully saturated rings. The molecule has 1 atom stereocenters. The lowest BCUT2D eigenvalue weighted by atomic mass is 10.2. The first kappa shape index (κ1) is 18.0. The Kier molecular flexibility index (Phi) is 6.39. The Morgan fingerprint density at radius 2 is 1.86 bits per heavy atom. The highest BCUT2D eigenvalue weighted by Crippen LogP contribution is 2.24. The Balaban J connectivity index is 2.86. The van der Waals surface area contributed by atoms with Crippen LogP contribution in [0.25, 0.3) is 0 Å². The second-order valence-corrected chi connectivity index (χ2v) is 4.99. The molecule has 1 aromatic carbocycles. The van der Waals surface area contributed by atoms with Gasteiger partial charge < -0.3 is 10.2 Å². The third-order valence-electron chi connectivity index (χ3n) is 3.27. The molecule has 7 heteroatoms. The number of halogens is 3. The molecule has 0 bridgehead atoms. The zero-order chi connectivity index (χ0) is 16.9. The molecule has 0 aliphatic carbocycles. The van der Waals surface area contributed by atoms with E-state index in [0.717, 1.165) is 30.4 Å². The number of rotatable bonds is 6. The van der Waals surface area contributed by atoms with E-state index < -0.39 is 23.4 Å². The zero-order valence-corrected chi connectivity index (χ0v) is 12.8. The molecule has 2 amide bonds. The van der Waals surface area contributed by atoms with E-state index in [1.807, 2.05) is 13.8 Å². The smallest absolute Gasteiger partial charge is 0.223 e. The van der Waals surface area contributed by atoms with Crippen LogP contribution in [0.1, 0.15) is 33.6 Å². The van der Waals surface area contributed by atoms with E-state index in [1.165, 1.54) is 0 Å². The first-order chi connectivity index (χ1) is 10.3. The summed E-state index contributed by atoms with van der Waals surface area (Å²) in [7, 11) is 0. The van der Waals surface area contributed by atoms with Gasteiger partial charge in [-0.15, -0.1) is 0 Å². The molecule has 1 N–H and O–H groups in total. The Bertz CT molecular complexity index is 564. The SMILES string of the molecule is CCC(C)NC(=O)CCN(C(C)=O)c1ccc(F)c(F)c1F. The average molecular weight is 316 g/mol. The molecule has 0 spiro atoms. The highest BCUT2D eigenvalue weighted by atomic mass is 19.2. The lowest BCUT2D eigenvalue weighted by molar-refractivity contribution is -0.121. The average Bonchev–Trinajstić information content (AvgIpc) is 2.46. The molecular weight excluding hydrogens is 297 g/mol. The van der Waals surface area contributed by atoms with Crippen LogP contribution in [0.4, 0.5) is 18.9 Å². The normalized spacial score (nSPS) is 11.9. The number of anilines is 1. The molecule has 0 aromatic heterocycles. The van der Waals surface area contributed by atoms with E-state index in [1.54, 1.807) is 0 Å². The first-order valence-corrected chi connectivity index (χ1v) is 6.98. The molecule has 0 saturated carbocycles.